The number of nitrogens with zero attached hydrogens (tertiary/aromatic N) is 2. The van der Waals surface area contributed by atoms with Crippen LogP contribution in [0.1, 0.15) is 21.5 Å². The molecule has 0 saturated carbocycles. The van der Waals surface area contributed by atoms with E-state index in [4.69, 9.17) is 11.6 Å². The third-order valence-electron chi connectivity index (χ3n) is 3.89. The molecule has 0 fully saturated rings. The standard InChI is InChI=1S/C19H17ClN4O2S/c1-3-13-7-8-15(10-16(13)20)22-19-24(18(26)23-27-19)11-12-5-4-6-14(9-12)17(25)21-2/h3-10H,1,11H2,2H3,(H,21,25)(H,23,26). The van der Waals surface area contributed by atoms with Crippen molar-refractivity contribution >= 4 is 40.8 Å². The van der Waals surface area contributed by atoms with Crippen molar-refractivity contribution in [1.82, 2.24) is 14.3 Å². The Hall–Kier alpha value is -2.90. The molecule has 0 saturated heterocycles. The van der Waals surface area contributed by atoms with Crippen LogP contribution in [0.3, 0.4) is 0 Å². The molecule has 0 atom stereocenters. The first kappa shape index (κ1) is 18.9. The average molecular weight is 401 g/mol. The van der Waals surface area contributed by atoms with Crippen LogP contribution in [0, 0.1) is 0 Å². The molecule has 0 aliphatic rings. The van der Waals surface area contributed by atoms with E-state index in [1.165, 1.54) is 4.57 Å². The van der Waals surface area contributed by atoms with E-state index in [0.717, 1.165) is 22.7 Å². The number of carbonyl (C=O) groups excluding carboxylic acids is 1. The topological polar surface area (TPSA) is 79.2 Å². The van der Waals surface area contributed by atoms with Crippen LogP contribution in [0.2, 0.25) is 5.02 Å². The van der Waals surface area contributed by atoms with Gasteiger partial charge < -0.3 is 5.32 Å². The predicted molar refractivity (Wildman–Crippen MR) is 109 cm³/mol. The monoisotopic (exact) mass is 400 g/mol. The lowest BCUT2D eigenvalue weighted by Gasteiger charge is -2.05. The van der Waals surface area contributed by atoms with Crippen molar-refractivity contribution in [3.05, 3.63) is 86.0 Å². The molecule has 1 heterocycles. The number of H-pyrrole nitrogens is 1. The molecule has 1 aromatic heterocycles. The number of halogens is 1. The Morgan fingerprint density at radius 2 is 2.19 bits per heavy atom. The highest BCUT2D eigenvalue weighted by Gasteiger charge is 2.08. The highest BCUT2D eigenvalue weighted by Crippen LogP contribution is 2.23. The Morgan fingerprint density at radius 3 is 2.89 bits per heavy atom. The molecule has 0 aliphatic heterocycles. The van der Waals surface area contributed by atoms with Gasteiger partial charge in [-0.3, -0.25) is 13.7 Å². The molecule has 0 radical (unpaired) electrons. The zero-order chi connectivity index (χ0) is 19.4. The molecular weight excluding hydrogens is 384 g/mol. The molecular formula is C19H17ClN4O2S. The van der Waals surface area contributed by atoms with Gasteiger partial charge in [-0.1, -0.05) is 42.5 Å². The Labute approximate surface area is 164 Å². The lowest BCUT2D eigenvalue weighted by molar-refractivity contribution is 0.0963. The molecule has 8 heteroatoms. The SMILES string of the molecule is C=Cc1ccc(N=c2s[nH]c(=O)n2Cc2cccc(C(=O)NC)c2)cc1Cl. The molecule has 2 N–H and O–H groups in total. The van der Waals surface area contributed by atoms with E-state index in [-0.39, 0.29) is 11.6 Å². The number of hydrogen-bond acceptors (Lipinski definition) is 4. The van der Waals surface area contributed by atoms with Gasteiger partial charge in [-0.15, -0.1) is 0 Å². The van der Waals surface area contributed by atoms with Gasteiger partial charge in [0.15, 0.2) is 0 Å². The summed E-state index contributed by atoms with van der Waals surface area (Å²) in [6, 6.07) is 12.5. The Morgan fingerprint density at radius 1 is 1.37 bits per heavy atom. The first-order valence-electron chi connectivity index (χ1n) is 8.08. The first-order chi connectivity index (χ1) is 13.0. The normalized spacial score (nSPS) is 11.4. The number of amides is 1. The van der Waals surface area contributed by atoms with Gasteiger partial charge in [0, 0.05) is 17.6 Å². The van der Waals surface area contributed by atoms with Crippen molar-refractivity contribution in [3.8, 4) is 0 Å². The lowest BCUT2D eigenvalue weighted by atomic mass is 10.1. The van der Waals surface area contributed by atoms with E-state index in [9.17, 15) is 9.59 Å². The minimum atomic E-state index is -0.266. The van der Waals surface area contributed by atoms with Crippen LogP contribution in [-0.4, -0.2) is 21.9 Å². The van der Waals surface area contributed by atoms with E-state index in [1.807, 2.05) is 18.2 Å². The minimum absolute atomic E-state index is 0.178. The number of benzene rings is 2. The van der Waals surface area contributed by atoms with Gasteiger partial charge in [0.1, 0.15) is 0 Å². The van der Waals surface area contributed by atoms with E-state index in [2.05, 4.69) is 21.3 Å². The maximum Gasteiger partial charge on any atom is 0.337 e. The van der Waals surface area contributed by atoms with E-state index in [0.29, 0.717) is 27.6 Å². The first-order valence-corrected chi connectivity index (χ1v) is 9.27. The molecule has 0 spiro atoms. The number of aromatic amines is 1. The van der Waals surface area contributed by atoms with Crippen LogP contribution >= 0.6 is 23.1 Å². The Kier molecular flexibility index (Phi) is 5.73. The van der Waals surface area contributed by atoms with Gasteiger partial charge in [-0.2, -0.15) is 0 Å². The molecule has 3 aromatic rings. The molecule has 138 valence electrons. The fourth-order valence-electron chi connectivity index (χ4n) is 2.51. The Balaban J connectivity index is 1.98. The van der Waals surface area contributed by atoms with Gasteiger partial charge in [-0.05, 0) is 46.9 Å². The third kappa shape index (κ3) is 4.27. The van der Waals surface area contributed by atoms with Gasteiger partial charge in [-0.25, -0.2) is 9.79 Å². The fraction of sp³-hybridized carbons (Fsp3) is 0.105. The number of carbonyl (C=O) groups is 1. The summed E-state index contributed by atoms with van der Waals surface area (Å²) in [5.74, 6) is -0.178. The molecule has 1 amide bonds. The number of hydrogen-bond donors (Lipinski definition) is 2. The van der Waals surface area contributed by atoms with E-state index >= 15 is 0 Å². The van der Waals surface area contributed by atoms with Crippen LogP contribution < -0.4 is 15.8 Å². The number of aromatic nitrogens is 2. The van der Waals surface area contributed by atoms with E-state index < -0.39 is 0 Å². The van der Waals surface area contributed by atoms with Crippen molar-refractivity contribution in [2.75, 3.05) is 7.05 Å². The number of nitrogens with one attached hydrogen (secondary N) is 2. The molecule has 27 heavy (non-hydrogen) atoms. The molecule has 3 rings (SSSR count). The van der Waals surface area contributed by atoms with E-state index in [1.54, 1.807) is 37.4 Å². The zero-order valence-corrected chi connectivity index (χ0v) is 16.1. The van der Waals surface area contributed by atoms with Crippen LogP contribution in [0.5, 0.6) is 0 Å². The third-order valence-corrected chi connectivity index (χ3v) is 4.99. The summed E-state index contributed by atoms with van der Waals surface area (Å²) < 4.78 is 4.21. The molecule has 2 aromatic carbocycles. The summed E-state index contributed by atoms with van der Waals surface area (Å²) >= 11 is 7.33. The second-order valence-corrected chi connectivity index (χ2v) is 6.86. The van der Waals surface area contributed by atoms with Gasteiger partial charge in [0.25, 0.3) is 5.91 Å². The highest BCUT2D eigenvalue weighted by atomic mass is 35.5. The van der Waals surface area contributed by atoms with Gasteiger partial charge in [0.05, 0.1) is 12.2 Å². The second-order valence-electron chi connectivity index (χ2n) is 5.68. The summed E-state index contributed by atoms with van der Waals surface area (Å²) in [6.07, 6.45) is 1.67. The largest absolute Gasteiger partial charge is 0.355 e. The minimum Gasteiger partial charge on any atom is -0.355 e. The quantitative estimate of drug-likeness (QED) is 0.689. The summed E-state index contributed by atoms with van der Waals surface area (Å²) in [6.45, 7) is 4.00. The number of rotatable bonds is 5. The van der Waals surface area contributed by atoms with Crippen molar-refractivity contribution in [2.45, 2.75) is 6.54 Å². The smallest absolute Gasteiger partial charge is 0.337 e. The predicted octanol–water partition coefficient (Wildman–Crippen LogP) is 3.17. The van der Waals surface area contributed by atoms with Gasteiger partial charge >= 0.3 is 5.69 Å². The van der Waals surface area contributed by atoms with Crippen molar-refractivity contribution in [1.29, 1.82) is 0 Å². The van der Waals surface area contributed by atoms with Crippen LogP contribution in [0.4, 0.5) is 5.69 Å². The lowest BCUT2D eigenvalue weighted by Crippen LogP contribution is -2.27. The zero-order valence-electron chi connectivity index (χ0n) is 14.5. The van der Waals surface area contributed by atoms with Crippen molar-refractivity contribution < 1.29 is 4.79 Å². The average Bonchev–Trinajstić information content (AvgIpc) is 3.01. The van der Waals surface area contributed by atoms with Crippen LogP contribution in [0.25, 0.3) is 6.08 Å². The summed E-state index contributed by atoms with van der Waals surface area (Å²) in [5.41, 5.74) is 2.54. The van der Waals surface area contributed by atoms with Crippen LogP contribution in [-0.2, 0) is 6.54 Å². The molecule has 0 aliphatic carbocycles. The van der Waals surface area contributed by atoms with Crippen LogP contribution in [0.15, 0.2) is 58.8 Å². The maximum atomic E-state index is 12.2. The van der Waals surface area contributed by atoms with Gasteiger partial charge in [0.2, 0.25) is 4.80 Å². The maximum absolute atomic E-state index is 12.2. The molecule has 0 bridgehead atoms. The fourth-order valence-corrected chi connectivity index (χ4v) is 3.46. The summed E-state index contributed by atoms with van der Waals surface area (Å²) in [4.78, 5) is 29.0. The van der Waals surface area contributed by atoms with Crippen molar-refractivity contribution in [3.63, 3.8) is 0 Å². The Bertz CT molecular complexity index is 1130. The summed E-state index contributed by atoms with van der Waals surface area (Å²) in [5, 5.41) is 3.13. The highest BCUT2D eigenvalue weighted by molar-refractivity contribution is 7.02. The summed E-state index contributed by atoms with van der Waals surface area (Å²) in [7, 11) is 1.58. The molecule has 6 nitrogen and oxygen atoms in total. The second kappa shape index (κ2) is 8.20. The van der Waals surface area contributed by atoms with Crippen molar-refractivity contribution in [2.24, 2.45) is 4.99 Å². The molecule has 0 unspecified atom stereocenters.